The predicted octanol–water partition coefficient (Wildman–Crippen LogP) is 3.39. The van der Waals surface area contributed by atoms with Crippen molar-refractivity contribution in [3.8, 4) is 0 Å². The Morgan fingerprint density at radius 3 is 1.85 bits per heavy atom. The highest BCUT2D eigenvalue weighted by molar-refractivity contribution is 6.94. The van der Waals surface area contributed by atoms with E-state index in [0.717, 1.165) is 17.3 Å². The van der Waals surface area contributed by atoms with Gasteiger partial charge in [-0.05, 0) is 12.8 Å². The first-order valence-electron chi connectivity index (χ1n) is 5.57. The zero-order valence-corrected chi connectivity index (χ0v) is 10.6. The lowest BCUT2D eigenvalue weighted by molar-refractivity contribution is 0.198. The quantitative estimate of drug-likeness (QED) is 0.609. The predicted molar refractivity (Wildman–Crippen MR) is 58.5 cm³/mol. The summed E-state index contributed by atoms with van der Waals surface area (Å²) in [6.45, 7) is 2.00. The van der Waals surface area contributed by atoms with Crippen LogP contribution in [0.3, 0.4) is 0 Å². The number of hydrogen-bond donors (Lipinski definition) is 0. The molecule has 3 heteroatoms. The molecule has 0 spiro atoms. The van der Waals surface area contributed by atoms with Crippen molar-refractivity contribution in [1.29, 1.82) is 0 Å². The van der Waals surface area contributed by atoms with Gasteiger partial charge < -0.3 is 13.8 Å². The van der Waals surface area contributed by atoms with E-state index in [1.807, 2.05) is 0 Å². The van der Waals surface area contributed by atoms with E-state index in [0.29, 0.717) is 0 Å². The lowest BCUT2D eigenvalue weighted by Gasteiger charge is -2.17. The van der Waals surface area contributed by atoms with Gasteiger partial charge in [0.1, 0.15) is 0 Å². The molecule has 1 heterocycles. The molecule has 0 N–H and O–H groups in total. The Balaban J connectivity index is 0.000000145. The molecule has 13 heavy (non-hydrogen) atoms. The molecular weight excluding hydrogens is 196 g/mol. The molecule has 0 bridgehead atoms. The highest BCUT2D eigenvalue weighted by Crippen LogP contribution is 2.27. The Bertz CT molecular complexity index is 104. The van der Waals surface area contributed by atoms with Crippen LogP contribution in [0, 0.1) is 0 Å². The second-order valence-electron chi connectivity index (χ2n) is 3.98. The fraction of sp³-hybridized carbons (Fsp3) is 1.00. The van der Waals surface area contributed by atoms with Crippen LogP contribution < -0.4 is 0 Å². The maximum absolute atomic E-state index is 5.82. The molecule has 0 unspecified atom stereocenters. The van der Waals surface area contributed by atoms with Crippen LogP contribution in [0.1, 0.15) is 44.9 Å². The van der Waals surface area contributed by atoms with Crippen LogP contribution in [-0.4, -0.2) is 32.5 Å². The molecule has 2 fully saturated rings. The molecule has 0 aromatic carbocycles. The van der Waals surface area contributed by atoms with Crippen LogP contribution in [0.2, 0.25) is 4.05 Å². The first-order chi connectivity index (χ1) is 6.43. The Labute approximate surface area is 95.1 Å². The summed E-state index contributed by atoms with van der Waals surface area (Å²) in [7, 11) is 5.82. The van der Waals surface area contributed by atoms with Gasteiger partial charge in [-0.25, -0.2) is 0 Å². The SMILES string of the molecule is C1CCOC1.[Cl][Mg][CH]1CCCCC1. The normalized spacial score (nSPS) is 23.2. The van der Waals surface area contributed by atoms with Gasteiger partial charge in [0.15, 0.2) is 0 Å². The standard InChI is InChI=1S/C6H11.C4H8O.ClH.Mg/c1-2-4-6-5-3-1;1-2-4-5-3-1;;/h1H,2-6H2;1-4H2;1H;/q;;;+1/p-1. The largest absolute Gasteiger partial charge is 0.504 e. The summed E-state index contributed by atoms with van der Waals surface area (Å²) in [5.74, 6) is 0. The lowest BCUT2D eigenvalue weighted by Crippen LogP contribution is -2.03. The second-order valence-corrected chi connectivity index (χ2v) is 6.37. The third-order valence-corrected chi connectivity index (χ3v) is 5.33. The number of ether oxygens (including phenoxy) is 1. The summed E-state index contributed by atoms with van der Waals surface area (Å²) < 4.78 is 5.94. The van der Waals surface area contributed by atoms with Gasteiger partial charge in [-0.15, -0.1) is 4.05 Å². The average molecular weight is 215 g/mol. The second kappa shape index (κ2) is 8.33. The Morgan fingerprint density at radius 1 is 0.923 bits per heavy atom. The van der Waals surface area contributed by atoms with E-state index in [1.54, 1.807) is 0 Å². The van der Waals surface area contributed by atoms with Crippen LogP contribution in [0.4, 0.5) is 0 Å². The monoisotopic (exact) mass is 214 g/mol. The van der Waals surface area contributed by atoms with E-state index in [1.165, 1.54) is 44.9 Å². The van der Waals surface area contributed by atoms with Crippen molar-refractivity contribution in [1.82, 2.24) is 0 Å². The molecule has 2 rings (SSSR count). The Morgan fingerprint density at radius 2 is 1.54 bits per heavy atom. The zero-order valence-electron chi connectivity index (χ0n) is 8.43. The fourth-order valence-corrected chi connectivity index (χ4v) is 3.66. The van der Waals surface area contributed by atoms with E-state index < -0.39 is 0 Å². The van der Waals surface area contributed by atoms with Crippen LogP contribution >= 0.6 is 9.07 Å². The third kappa shape index (κ3) is 6.16. The van der Waals surface area contributed by atoms with E-state index in [-0.39, 0.29) is 19.3 Å². The topological polar surface area (TPSA) is 9.23 Å². The summed E-state index contributed by atoms with van der Waals surface area (Å²) in [5.41, 5.74) is 0. The van der Waals surface area contributed by atoms with Crippen LogP contribution in [0.25, 0.3) is 0 Å². The highest BCUT2D eigenvalue weighted by Gasteiger charge is 2.13. The van der Waals surface area contributed by atoms with Crippen molar-refractivity contribution >= 4 is 28.3 Å². The maximum atomic E-state index is 5.82. The van der Waals surface area contributed by atoms with Gasteiger partial charge in [-0.3, -0.25) is 0 Å². The summed E-state index contributed by atoms with van der Waals surface area (Å²) in [4.78, 5) is 0. The Kier molecular flexibility index (Phi) is 7.75. The zero-order chi connectivity index (χ0) is 9.36. The first-order valence-corrected chi connectivity index (χ1v) is 8.52. The van der Waals surface area contributed by atoms with Gasteiger partial charge in [-0.2, -0.15) is 0 Å². The molecule has 1 aliphatic heterocycles. The molecule has 1 saturated carbocycles. The molecule has 0 amide bonds. The van der Waals surface area contributed by atoms with Crippen LogP contribution in [0.5, 0.6) is 0 Å². The van der Waals surface area contributed by atoms with Gasteiger partial charge in [-0.1, -0.05) is 32.1 Å². The van der Waals surface area contributed by atoms with Crippen molar-refractivity contribution < 1.29 is 4.74 Å². The molecule has 0 aromatic heterocycles. The van der Waals surface area contributed by atoms with Crippen molar-refractivity contribution in [3.63, 3.8) is 0 Å². The molecule has 74 valence electrons. The van der Waals surface area contributed by atoms with Crippen LogP contribution in [0.15, 0.2) is 0 Å². The van der Waals surface area contributed by atoms with Gasteiger partial charge in [0.25, 0.3) is 0 Å². The minimum absolute atomic E-state index is 0.160. The van der Waals surface area contributed by atoms with Crippen molar-refractivity contribution in [2.24, 2.45) is 0 Å². The highest BCUT2D eigenvalue weighted by atomic mass is 35.5. The molecule has 1 aliphatic carbocycles. The van der Waals surface area contributed by atoms with Gasteiger partial charge in [0.2, 0.25) is 0 Å². The van der Waals surface area contributed by atoms with E-state index in [9.17, 15) is 0 Å². The molecule has 0 radical (unpaired) electrons. The molecule has 1 saturated heterocycles. The molecular formula is C10H19ClMgO. The van der Waals surface area contributed by atoms with Crippen molar-refractivity contribution in [2.45, 2.75) is 49.0 Å². The van der Waals surface area contributed by atoms with Crippen molar-refractivity contribution in [3.05, 3.63) is 0 Å². The minimum Gasteiger partial charge on any atom is -0.381 e. The van der Waals surface area contributed by atoms with Gasteiger partial charge >= 0.3 is 19.3 Å². The fourth-order valence-electron chi connectivity index (χ4n) is 1.85. The number of halogens is 1. The molecule has 0 aromatic rings. The van der Waals surface area contributed by atoms with Crippen LogP contribution in [-0.2, 0) is 4.74 Å². The van der Waals surface area contributed by atoms with Gasteiger partial charge in [0.05, 0.1) is 0 Å². The number of rotatable bonds is 1. The summed E-state index contributed by atoms with van der Waals surface area (Å²) in [5, 5.41) is 0. The molecule has 0 atom stereocenters. The van der Waals surface area contributed by atoms with E-state index >= 15 is 0 Å². The number of hydrogen-bond acceptors (Lipinski definition) is 1. The third-order valence-electron chi connectivity index (χ3n) is 2.77. The molecule has 2 aliphatic rings. The lowest BCUT2D eigenvalue weighted by atomic mass is 10.00. The Hall–Kier alpha value is 1.02. The summed E-state index contributed by atoms with van der Waals surface area (Å²) in [6, 6.07) is 0. The first kappa shape index (κ1) is 12.1. The maximum Gasteiger partial charge on any atom is 0.504 e. The average Bonchev–Trinajstić information content (AvgIpc) is 2.77. The summed E-state index contributed by atoms with van der Waals surface area (Å²) >= 11 is -0.160. The smallest absolute Gasteiger partial charge is 0.381 e. The van der Waals surface area contributed by atoms with Crippen molar-refractivity contribution in [2.75, 3.05) is 13.2 Å². The van der Waals surface area contributed by atoms with E-state index in [4.69, 9.17) is 13.8 Å². The minimum atomic E-state index is -0.160. The van der Waals surface area contributed by atoms with Gasteiger partial charge in [0, 0.05) is 13.2 Å². The molecule has 1 nitrogen and oxygen atoms in total. The van der Waals surface area contributed by atoms with E-state index in [2.05, 4.69) is 0 Å². The summed E-state index contributed by atoms with van der Waals surface area (Å²) in [6.07, 6.45) is 9.79.